The molecule has 1 aliphatic heterocycles. The monoisotopic (exact) mass is 332 g/mol. The van der Waals surface area contributed by atoms with Gasteiger partial charge in [-0.1, -0.05) is 0 Å². The number of hydrogen-bond acceptors (Lipinski definition) is 5. The Bertz CT molecular complexity index is 769. The maximum atomic E-state index is 12.1. The Morgan fingerprint density at radius 3 is 2.48 bits per heavy atom. The molecule has 0 aromatic heterocycles. The van der Waals surface area contributed by atoms with Gasteiger partial charge in [0.15, 0.2) is 0 Å². The molecule has 1 saturated carbocycles. The third kappa shape index (κ3) is 3.05. The third-order valence-corrected chi connectivity index (χ3v) is 6.49. The molecule has 0 spiro atoms. The maximum absolute atomic E-state index is 12.1. The number of nitrogens with two attached hydrogens (primary N) is 1. The Morgan fingerprint density at radius 1 is 1.14 bits per heavy atom. The zero-order valence-electron chi connectivity index (χ0n) is 11.2. The van der Waals surface area contributed by atoms with Gasteiger partial charge in [0.2, 0.25) is 20.0 Å². The molecular formula is C12H16N2O5S2. The van der Waals surface area contributed by atoms with Crippen LogP contribution in [0.15, 0.2) is 23.1 Å². The van der Waals surface area contributed by atoms with E-state index in [4.69, 9.17) is 9.88 Å². The van der Waals surface area contributed by atoms with Gasteiger partial charge in [-0.2, -0.15) is 0 Å². The van der Waals surface area contributed by atoms with Crippen molar-refractivity contribution in [1.29, 1.82) is 0 Å². The first-order chi connectivity index (χ1) is 9.77. The molecule has 1 atom stereocenters. The van der Waals surface area contributed by atoms with Crippen molar-refractivity contribution in [3.63, 3.8) is 0 Å². The molecule has 7 nitrogen and oxygen atoms in total. The summed E-state index contributed by atoms with van der Waals surface area (Å²) in [6.07, 6.45) is 1.79. The van der Waals surface area contributed by atoms with Crippen molar-refractivity contribution in [3.8, 4) is 5.75 Å². The number of fused-ring (bicyclic) bond motifs is 1. The molecule has 0 saturated heterocycles. The Morgan fingerprint density at radius 2 is 1.86 bits per heavy atom. The lowest BCUT2D eigenvalue weighted by Crippen LogP contribution is -2.34. The van der Waals surface area contributed by atoms with Gasteiger partial charge in [0.25, 0.3) is 0 Å². The number of rotatable bonds is 4. The van der Waals surface area contributed by atoms with Crippen molar-refractivity contribution in [2.24, 2.45) is 5.14 Å². The molecule has 1 fully saturated rings. The normalized spacial score (nSPS) is 22.4. The van der Waals surface area contributed by atoms with Gasteiger partial charge >= 0.3 is 0 Å². The van der Waals surface area contributed by atoms with Crippen LogP contribution in [-0.2, 0) is 20.0 Å². The smallest absolute Gasteiger partial charge is 0.238 e. The summed E-state index contributed by atoms with van der Waals surface area (Å²) in [6, 6.07) is 3.75. The summed E-state index contributed by atoms with van der Waals surface area (Å²) < 4.78 is 55.1. The minimum Gasteiger partial charge on any atom is -0.493 e. The fraction of sp³-hybridized carbons (Fsp3) is 0.500. The van der Waals surface area contributed by atoms with Gasteiger partial charge in [-0.05, 0) is 31.0 Å². The number of primary sulfonamides is 1. The minimum absolute atomic E-state index is 0.0534. The van der Waals surface area contributed by atoms with Crippen molar-refractivity contribution in [3.05, 3.63) is 23.8 Å². The predicted molar refractivity (Wildman–Crippen MR) is 75.7 cm³/mol. The first-order valence-corrected chi connectivity index (χ1v) is 9.67. The Labute approximate surface area is 123 Å². The van der Waals surface area contributed by atoms with E-state index in [9.17, 15) is 16.8 Å². The van der Waals surface area contributed by atoms with Crippen LogP contribution in [0.4, 0.5) is 0 Å². The van der Waals surface area contributed by atoms with Crippen molar-refractivity contribution >= 4 is 20.0 Å². The number of ether oxygens (including phenoxy) is 1. The van der Waals surface area contributed by atoms with Gasteiger partial charge in [0.05, 0.1) is 22.8 Å². The van der Waals surface area contributed by atoms with Crippen molar-refractivity contribution in [2.45, 2.75) is 35.4 Å². The Hall–Kier alpha value is -1.16. The number of nitrogens with one attached hydrogen (secondary N) is 1. The maximum Gasteiger partial charge on any atom is 0.238 e. The quantitative estimate of drug-likeness (QED) is 0.819. The SMILES string of the molecule is NS(=O)(=O)c1ccc2c(c1)C(NS(=O)(=O)C1CC1)CCO2. The summed E-state index contributed by atoms with van der Waals surface area (Å²) in [5, 5.41) is 4.79. The van der Waals surface area contributed by atoms with Gasteiger partial charge < -0.3 is 4.74 Å². The van der Waals surface area contributed by atoms with E-state index in [2.05, 4.69) is 4.72 Å². The van der Waals surface area contributed by atoms with Crippen LogP contribution in [0, 0.1) is 0 Å². The van der Waals surface area contributed by atoms with E-state index in [0.717, 1.165) is 0 Å². The van der Waals surface area contributed by atoms with Crippen LogP contribution in [0.1, 0.15) is 30.9 Å². The van der Waals surface area contributed by atoms with Crippen molar-refractivity contribution in [2.75, 3.05) is 6.61 Å². The van der Waals surface area contributed by atoms with Crippen molar-refractivity contribution in [1.82, 2.24) is 4.72 Å². The predicted octanol–water partition coefficient (Wildman–Crippen LogP) is 0.239. The average molecular weight is 332 g/mol. The first kappa shape index (κ1) is 14.8. The lowest BCUT2D eigenvalue weighted by molar-refractivity contribution is 0.262. The van der Waals surface area contributed by atoms with E-state index in [1.165, 1.54) is 18.2 Å². The number of benzene rings is 1. The zero-order chi connectivity index (χ0) is 15.3. The second-order valence-electron chi connectivity index (χ2n) is 5.30. The molecule has 116 valence electrons. The first-order valence-electron chi connectivity index (χ1n) is 6.58. The van der Waals surface area contributed by atoms with Gasteiger partial charge in [-0.25, -0.2) is 26.7 Å². The summed E-state index contributed by atoms with van der Waals surface area (Å²) in [5.41, 5.74) is 0.511. The molecule has 2 aliphatic rings. The van der Waals surface area contributed by atoms with E-state index in [-0.39, 0.29) is 10.1 Å². The standard InChI is InChI=1S/C12H16N2O5S2/c13-20(15,16)9-3-4-12-10(7-9)11(5-6-19-12)14-21(17,18)8-1-2-8/h3-4,7-8,11,14H,1-2,5-6H2,(H2,13,15,16). The van der Waals surface area contributed by atoms with Gasteiger partial charge in [0, 0.05) is 12.0 Å². The average Bonchev–Trinajstić information content (AvgIpc) is 3.21. The highest BCUT2D eigenvalue weighted by atomic mass is 32.2. The Balaban J connectivity index is 1.96. The van der Waals surface area contributed by atoms with E-state index in [1.807, 2.05) is 0 Å². The Kier molecular flexibility index (Phi) is 3.47. The largest absolute Gasteiger partial charge is 0.493 e. The number of sulfonamides is 2. The van der Waals surface area contributed by atoms with Crippen LogP contribution >= 0.6 is 0 Å². The van der Waals surface area contributed by atoms with Crippen LogP contribution in [0.5, 0.6) is 5.75 Å². The molecule has 1 aromatic carbocycles. The summed E-state index contributed by atoms with van der Waals surface area (Å²) in [6.45, 7) is 0.375. The zero-order valence-corrected chi connectivity index (χ0v) is 12.8. The van der Waals surface area contributed by atoms with Crippen molar-refractivity contribution < 1.29 is 21.6 Å². The molecule has 3 N–H and O–H groups in total. The molecule has 1 heterocycles. The van der Waals surface area contributed by atoms with Crippen LogP contribution in [0.2, 0.25) is 0 Å². The lowest BCUT2D eigenvalue weighted by Gasteiger charge is -2.27. The second kappa shape index (κ2) is 4.94. The molecule has 0 radical (unpaired) electrons. The minimum atomic E-state index is -3.84. The molecule has 1 aromatic rings. The second-order valence-corrected chi connectivity index (χ2v) is 8.85. The fourth-order valence-corrected chi connectivity index (χ4v) is 4.48. The molecule has 1 unspecified atom stereocenters. The van der Waals surface area contributed by atoms with E-state index >= 15 is 0 Å². The number of hydrogen-bond donors (Lipinski definition) is 2. The van der Waals surface area contributed by atoms with E-state index < -0.39 is 26.1 Å². The van der Waals surface area contributed by atoms with Crippen LogP contribution in [0.25, 0.3) is 0 Å². The van der Waals surface area contributed by atoms with Crippen LogP contribution < -0.4 is 14.6 Å². The molecule has 0 bridgehead atoms. The molecule has 0 amide bonds. The van der Waals surface area contributed by atoms with Crippen LogP contribution in [0.3, 0.4) is 0 Å². The summed E-state index contributed by atoms with van der Waals surface area (Å²) >= 11 is 0. The molecule has 21 heavy (non-hydrogen) atoms. The van der Waals surface area contributed by atoms with Crippen LogP contribution in [-0.4, -0.2) is 28.7 Å². The van der Waals surface area contributed by atoms with E-state index in [1.54, 1.807) is 0 Å². The van der Waals surface area contributed by atoms with Gasteiger partial charge in [-0.15, -0.1) is 0 Å². The summed E-state index contributed by atoms with van der Waals surface area (Å²) in [4.78, 5) is -0.0534. The molecule has 3 rings (SSSR count). The molecule has 9 heteroatoms. The third-order valence-electron chi connectivity index (χ3n) is 3.62. The molecular weight excluding hydrogens is 316 g/mol. The highest BCUT2D eigenvalue weighted by Crippen LogP contribution is 2.36. The summed E-state index contributed by atoms with van der Waals surface area (Å²) in [7, 11) is -7.20. The van der Waals surface area contributed by atoms with E-state index in [0.29, 0.717) is 37.2 Å². The van der Waals surface area contributed by atoms with Gasteiger partial charge in [0.1, 0.15) is 5.75 Å². The van der Waals surface area contributed by atoms with Gasteiger partial charge in [-0.3, -0.25) is 0 Å². The highest BCUT2D eigenvalue weighted by Gasteiger charge is 2.38. The summed E-state index contributed by atoms with van der Waals surface area (Å²) in [5.74, 6) is 0.483. The topological polar surface area (TPSA) is 116 Å². The lowest BCUT2D eigenvalue weighted by atomic mass is 10.0. The highest BCUT2D eigenvalue weighted by molar-refractivity contribution is 7.90. The molecule has 1 aliphatic carbocycles. The fourth-order valence-electron chi connectivity index (χ4n) is 2.34.